The summed E-state index contributed by atoms with van der Waals surface area (Å²) in [6.07, 6.45) is 0. The first-order chi connectivity index (χ1) is 30.7. The summed E-state index contributed by atoms with van der Waals surface area (Å²) in [5.74, 6) is 3.45. The average Bonchev–Trinajstić information content (AvgIpc) is 3.89. The maximum absolute atomic E-state index is 6.53. The summed E-state index contributed by atoms with van der Waals surface area (Å²) < 4.78 is 8.69. The van der Waals surface area contributed by atoms with Crippen LogP contribution in [-0.4, -0.2) is 34.5 Å². The minimum Gasteiger partial charge on any atom is -0.456 e. The van der Waals surface area contributed by atoms with Crippen LogP contribution in [-0.2, 0) is 0 Å². The molecule has 0 spiro atoms. The molecule has 0 bridgehead atoms. The maximum Gasteiger partial charge on any atom is 0.238 e. The third-order valence-electron chi connectivity index (χ3n) is 11.3. The molecule has 0 atom stereocenters. The SMILES string of the molecule is c1ccc(-c2ccc3c4ccccc4n(-c4nc(-c5ccccc5)nc(-c5ccc6oc7cc(-c8nc(-c9ccccc9)nc(-c9ccccc9)n8)ccc7c6c5)n4)c3c2)cc1. The Morgan fingerprint density at radius 3 is 1.35 bits per heavy atom. The smallest absolute Gasteiger partial charge is 0.238 e. The molecule has 0 aliphatic rings. The van der Waals surface area contributed by atoms with E-state index in [1.807, 2.05) is 121 Å². The zero-order valence-electron chi connectivity index (χ0n) is 33.1. The van der Waals surface area contributed by atoms with Crippen molar-refractivity contribution in [2.75, 3.05) is 0 Å². The van der Waals surface area contributed by atoms with Crippen LogP contribution in [0.1, 0.15) is 0 Å². The van der Waals surface area contributed by atoms with E-state index in [2.05, 4.69) is 83.4 Å². The standard InChI is InChI=1S/C54H33N7O/c1-5-15-34(16-6-1)38-25-28-42-41-23-13-14-24-45(41)61(46(42)32-38)54-59-51(37-21-11-4-12-22-37)58-53(60-54)39-27-30-47-44(31-39)43-29-26-40(33-48(43)62-47)52-56-49(35-17-7-2-8-18-35)55-50(57-52)36-19-9-3-10-20-36/h1-33H. The van der Waals surface area contributed by atoms with Crippen LogP contribution in [0.2, 0.25) is 0 Å². The van der Waals surface area contributed by atoms with E-state index >= 15 is 0 Å². The van der Waals surface area contributed by atoms with Crippen LogP contribution in [0.15, 0.2) is 205 Å². The number of rotatable bonds is 7. The van der Waals surface area contributed by atoms with Crippen molar-refractivity contribution >= 4 is 43.7 Å². The molecule has 0 unspecified atom stereocenters. The predicted octanol–water partition coefficient (Wildman–Crippen LogP) is 13.1. The van der Waals surface area contributed by atoms with Crippen LogP contribution in [0.25, 0.3) is 118 Å². The van der Waals surface area contributed by atoms with Crippen molar-refractivity contribution in [2.45, 2.75) is 0 Å². The second kappa shape index (κ2) is 14.6. The molecule has 8 heteroatoms. The molecule has 0 fully saturated rings. The van der Waals surface area contributed by atoms with Crippen LogP contribution >= 0.6 is 0 Å². The maximum atomic E-state index is 6.53. The summed E-state index contributed by atoms with van der Waals surface area (Å²) in [5, 5.41) is 4.15. The molecule has 12 rings (SSSR count). The lowest BCUT2D eigenvalue weighted by Crippen LogP contribution is -2.06. The normalized spacial score (nSPS) is 11.5. The van der Waals surface area contributed by atoms with E-state index < -0.39 is 0 Å². The summed E-state index contributed by atoms with van der Waals surface area (Å²) >= 11 is 0. The van der Waals surface area contributed by atoms with Crippen LogP contribution in [0.3, 0.4) is 0 Å². The van der Waals surface area contributed by atoms with Crippen molar-refractivity contribution in [3.05, 3.63) is 200 Å². The summed E-state index contributed by atoms with van der Waals surface area (Å²) in [4.78, 5) is 30.3. The van der Waals surface area contributed by atoms with Crippen molar-refractivity contribution in [1.82, 2.24) is 34.5 Å². The average molecular weight is 796 g/mol. The number of hydrogen-bond donors (Lipinski definition) is 0. The molecule has 4 heterocycles. The van der Waals surface area contributed by atoms with Crippen LogP contribution in [0.5, 0.6) is 0 Å². The first-order valence-electron chi connectivity index (χ1n) is 20.4. The van der Waals surface area contributed by atoms with Gasteiger partial charge in [-0.15, -0.1) is 0 Å². The van der Waals surface area contributed by atoms with Gasteiger partial charge in [0.2, 0.25) is 5.95 Å². The lowest BCUT2D eigenvalue weighted by molar-refractivity contribution is 0.669. The van der Waals surface area contributed by atoms with Crippen molar-refractivity contribution < 1.29 is 4.42 Å². The molecule has 4 aromatic heterocycles. The molecule has 0 saturated heterocycles. The summed E-state index contributed by atoms with van der Waals surface area (Å²) in [6, 6.07) is 67.8. The van der Waals surface area contributed by atoms with E-state index in [-0.39, 0.29) is 0 Å². The molecule has 0 aliphatic carbocycles. The molecule has 62 heavy (non-hydrogen) atoms. The molecular formula is C54H33N7O. The molecule has 8 nitrogen and oxygen atoms in total. The van der Waals surface area contributed by atoms with Gasteiger partial charge < -0.3 is 4.42 Å². The van der Waals surface area contributed by atoms with Gasteiger partial charge in [0.25, 0.3) is 0 Å². The number of nitrogens with zero attached hydrogens (tertiary/aromatic N) is 7. The molecule has 12 aromatic rings. The second-order valence-electron chi connectivity index (χ2n) is 15.2. The molecule has 0 amide bonds. The Balaban J connectivity index is 1.00. The summed E-state index contributed by atoms with van der Waals surface area (Å²) in [6.45, 7) is 0. The molecule has 0 N–H and O–H groups in total. The Bertz CT molecular complexity index is 3570. The lowest BCUT2D eigenvalue weighted by Gasteiger charge is -2.11. The van der Waals surface area contributed by atoms with E-state index in [4.69, 9.17) is 34.3 Å². The van der Waals surface area contributed by atoms with E-state index in [0.717, 1.165) is 82.7 Å². The monoisotopic (exact) mass is 795 g/mol. The Kier molecular flexibility index (Phi) is 8.31. The third kappa shape index (κ3) is 6.17. The van der Waals surface area contributed by atoms with Gasteiger partial charge in [0, 0.05) is 49.4 Å². The second-order valence-corrected chi connectivity index (χ2v) is 15.2. The largest absolute Gasteiger partial charge is 0.456 e. The highest BCUT2D eigenvalue weighted by Crippen LogP contribution is 2.37. The van der Waals surface area contributed by atoms with Gasteiger partial charge in [-0.25, -0.2) is 19.9 Å². The Morgan fingerprint density at radius 2 is 0.726 bits per heavy atom. The van der Waals surface area contributed by atoms with Crippen molar-refractivity contribution in [3.63, 3.8) is 0 Å². The van der Waals surface area contributed by atoms with Crippen LogP contribution < -0.4 is 0 Å². The van der Waals surface area contributed by atoms with Crippen molar-refractivity contribution in [1.29, 1.82) is 0 Å². The van der Waals surface area contributed by atoms with E-state index in [9.17, 15) is 0 Å². The van der Waals surface area contributed by atoms with Gasteiger partial charge >= 0.3 is 0 Å². The van der Waals surface area contributed by atoms with Gasteiger partial charge in [-0.05, 0) is 53.6 Å². The first-order valence-corrected chi connectivity index (χ1v) is 20.4. The highest BCUT2D eigenvalue weighted by atomic mass is 16.3. The van der Waals surface area contributed by atoms with E-state index in [0.29, 0.717) is 35.1 Å². The molecular weight excluding hydrogens is 763 g/mol. The fourth-order valence-electron chi connectivity index (χ4n) is 8.30. The third-order valence-corrected chi connectivity index (χ3v) is 11.3. The van der Waals surface area contributed by atoms with Gasteiger partial charge in [0.1, 0.15) is 11.2 Å². The Labute approximate surface area is 355 Å². The van der Waals surface area contributed by atoms with Gasteiger partial charge in [-0.1, -0.05) is 158 Å². The number of furan rings is 1. The topological polar surface area (TPSA) is 95.4 Å². The van der Waals surface area contributed by atoms with Gasteiger partial charge in [-0.2, -0.15) is 9.97 Å². The van der Waals surface area contributed by atoms with Crippen molar-refractivity contribution in [3.8, 4) is 74.0 Å². The van der Waals surface area contributed by atoms with Crippen molar-refractivity contribution in [2.24, 2.45) is 0 Å². The van der Waals surface area contributed by atoms with Gasteiger partial charge in [0.05, 0.1) is 11.0 Å². The fraction of sp³-hybridized carbons (Fsp3) is 0. The number of hydrogen-bond acceptors (Lipinski definition) is 7. The number of benzene rings is 8. The zero-order chi connectivity index (χ0) is 41.0. The predicted molar refractivity (Wildman–Crippen MR) is 247 cm³/mol. The molecule has 0 radical (unpaired) electrons. The fourth-order valence-corrected chi connectivity index (χ4v) is 8.30. The van der Waals surface area contributed by atoms with Crippen LogP contribution in [0.4, 0.5) is 0 Å². The quantitative estimate of drug-likeness (QED) is 0.158. The molecule has 0 aliphatic heterocycles. The number of aromatic nitrogens is 7. The summed E-state index contributed by atoms with van der Waals surface area (Å²) in [5.41, 5.74) is 10.1. The Hall–Kier alpha value is -8.62. The van der Waals surface area contributed by atoms with E-state index in [1.165, 1.54) is 0 Å². The van der Waals surface area contributed by atoms with E-state index in [1.54, 1.807) is 0 Å². The van der Waals surface area contributed by atoms with Crippen LogP contribution in [0, 0.1) is 0 Å². The first kappa shape index (κ1) is 35.3. The Morgan fingerprint density at radius 1 is 0.274 bits per heavy atom. The zero-order valence-corrected chi connectivity index (χ0v) is 33.1. The highest BCUT2D eigenvalue weighted by Gasteiger charge is 2.20. The molecule has 8 aromatic carbocycles. The van der Waals surface area contributed by atoms with Gasteiger partial charge in [0.15, 0.2) is 29.1 Å². The number of fused-ring (bicyclic) bond motifs is 6. The number of para-hydroxylation sites is 1. The highest BCUT2D eigenvalue weighted by molar-refractivity contribution is 6.10. The minimum absolute atomic E-state index is 0.536. The van der Waals surface area contributed by atoms with Gasteiger partial charge in [-0.3, -0.25) is 4.57 Å². The summed E-state index contributed by atoms with van der Waals surface area (Å²) in [7, 11) is 0. The molecule has 290 valence electrons. The molecule has 0 saturated carbocycles. The minimum atomic E-state index is 0.536. The lowest BCUT2D eigenvalue weighted by atomic mass is 10.0.